The van der Waals surface area contributed by atoms with Crippen molar-refractivity contribution >= 4 is 37.3 Å². The maximum atomic E-state index is 13.3. The van der Waals surface area contributed by atoms with Crippen molar-refractivity contribution in [3.63, 3.8) is 0 Å². The smallest absolute Gasteiger partial charge is 0.271 e. The van der Waals surface area contributed by atoms with Crippen molar-refractivity contribution in [3.8, 4) is 22.1 Å². The lowest BCUT2D eigenvalue weighted by atomic mass is 10.2. The molecule has 2 heterocycles. The molecule has 0 spiro atoms. The number of ether oxygens (including phenoxy) is 2. The topological polar surface area (TPSA) is 112 Å². The molecule has 0 saturated carbocycles. The second kappa shape index (κ2) is 9.11. The first-order valence-corrected chi connectivity index (χ1v) is 12.7. The minimum absolute atomic E-state index is 0.0184. The van der Waals surface area contributed by atoms with E-state index in [9.17, 15) is 18.5 Å². The van der Waals surface area contributed by atoms with E-state index >= 15 is 0 Å². The Bertz CT molecular complexity index is 1430. The van der Waals surface area contributed by atoms with Gasteiger partial charge in [0, 0.05) is 30.8 Å². The summed E-state index contributed by atoms with van der Waals surface area (Å²) in [4.78, 5) is 15.1. The fourth-order valence-corrected chi connectivity index (χ4v) is 6.12. The van der Waals surface area contributed by atoms with Gasteiger partial charge in [-0.1, -0.05) is 12.1 Å². The highest BCUT2D eigenvalue weighted by Gasteiger charge is 2.31. The van der Waals surface area contributed by atoms with E-state index in [1.807, 2.05) is 36.4 Å². The molecule has 0 atom stereocenters. The molecule has 174 valence electrons. The van der Waals surface area contributed by atoms with Crippen molar-refractivity contribution in [2.45, 2.75) is 4.90 Å². The highest BCUT2D eigenvalue weighted by molar-refractivity contribution is 7.89. The lowest BCUT2D eigenvalue weighted by Gasteiger charge is -2.26. The van der Waals surface area contributed by atoms with Gasteiger partial charge < -0.3 is 9.47 Å². The zero-order valence-electron chi connectivity index (χ0n) is 17.8. The van der Waals surface area contributed by atoms with E-state index in [0.717, 1.165) is 26.9 Å². The van der Waals surface area contributed by atoms with E-state index < -0.39 is 14.9 Å². The van der Waals surface area contributed by atoms with E-state index in [0.29, 0.717) is 5.75 Å². The molecular formula is C23H19N3O6S2. The molecule has 0 unspecified atom stereocenters. The van der Waals surface area contributed by atoms with E-state index in [1.165, 1.54) is 16.4 Å². The molecule has 0 N–H and O–H groups in total. The molecule has 1 aromatic heterocycles. The quantitative estimate of drug-likeness (QED) is 0.281. The van der Waals surface area contributed by atoms with Crippen molar-refractivity contribution in [3.05, 3.63) is 76.8 Å². The van der Waals surface area contributed by atoms with Gasteiger partial charge in [-0.05, 0) is 42.5 Å². The number of thiazole rings is 1. The Balaban J connectivity index is 1.46. The van der Waals surface area contributed by atoms with E-state index in [4.69, 9.17) is 9.47 Å². The first kappa shape index (κ1) is 22.4. The second-order valence-electron chi connectivity index (χ2n) is 7.52. The third-order valence-electron chi connectivity index (χ3n) is 5.35. The van der Waals surface area contributed by atoms with Gasteiger partial charge >= 0.3 is 0 Å². The standard InChI is InChI=1S/C23H19N3O6S2/c27-26(28)17-7-10-20(22(15-17)34(29,30)25-11-13-31-14-12-25)32-18-8-5-16(6-9-18)23-24-19-3-1-2-4-21(19)33-23/h1-10,15H,11-14H2. The first-order valence-electron chi connectivity index (χ1n) is 10.4. The Morgan fingerprint density at radius 1 is 1.03 bits per heavy atom. The van der Waals surface area contributed by atoms with Gasteiger partial charge in [0.15, 0.2) is 0 Å². The zero-order valence-corrected chi connectivity index (χ0v) is 19.4. The van der Waals surface area contributed by atoms with Gasteiger partial charge in [0.2, 0.25) is 10.0 Å². The molecule has 9 nitrogen and oxygen atoms in total. The number of non-ortho nitro benzene ring substituents is 1. The first-order chi connectivity index (χ1) is 16.4. The molecule has 3 aromatic carbocycles. The number of hydrogen-bond acceptors (Lipinski definition) is 8. The Morgan fingerprint density at radius 2 is 1.76 bits per heavy atom. The molecular weight excluding hydrogens is 478 g/mol. The lowest BCUT2D eigenvalue weighted by Crippen LogP contribution is -2.40. The van der Waals surface area contributed by atoms with E-state index in [2.05, 4.69) is 4.98 Å². The lowest BCUT2D eigenvalue weighted by molar-refractivity contribution is -0.385. The van der Waals surface area contributed by atoms with Crippen LogP contribution in [0.15, 0.2) is 71.6 Å². The Kier molecular flexibility index (Phi) is 6.00. The van der Waals surface area contributed by atoms with Gasteiger partial charge in [-0.25, -0.2) is 13.4 Å². The SMILES string of the molecule is O=[N+]([O-])c1ccc(Oc2ccc(-c3nc4ccccc4s3)cc2)c(S(=O)(=O)N2CCOCC2)c1. The maximum absolute atomic E-state index is 13.3. The minimum atomic E-state index is -4.02. The molecule has 0 aliphatic carbocycles. The Morgan fingerprint density at radius 3 is 2.47 bits per heavy atom. The molecule has 0 bridgehead atoms. The average Bonchev–Trinajstić information content (AvgIpc) is 3.29. The van der Waals surface area contributed by atoms with Gasteiger partial charge in [0.25, 0.3) is 5.69 Å². The third-order valence-corrected chi connectivity index (χ3v) is 8.35. The van der Waals surface area contributed by atoms with Crippen molar-refractivity contribution in [2.24, 2.45) is 0 Å². The number of hydrogen-bond donors (Lipinski definition) is 0. The third kappa shape index (κ3) is 4.38. The van der Waals surface area contributed by atoms with Crippen LogP contribution in [-0.4, -0.2) is 48.9 Å². The number of rotatable bonds is 6. The number of nitrogens with zero attached hydrogens (tertiary/aromatic N) is 3. The minimum Gasteiger partial charge on any atom is -0.456 e. The van der Waals surface area contributed by atoms with Crippen LogP contribution in [0, 0.1) is 10.1 Å². The summed E-state index contributed by atoms with van der Waals surface area (Å²) in [6.45, 7) is 0.859. The number of fused-ring (bicyclic) bond motifs is 1. The summed E-state index contributed by atoms with van der Waals surface area (Å²) < 4.78 is 40.0. The number of para-hydroxylation sites is 1. The predicted octanol–water partition coefficient (Wildman–Crippen LogP) is 4.68. The second-order valence-corrected chi connectivity index (χ2v) is 10.5. The Labute approximate surface area is 199 Å². The number of nitro groups is 1. The molecule has 5 rings (SSSR count). The summed E-state index contributed by atoms with van der Waals surface area (Å²) in [6, 6.07) is 18.6. The summed E-state index contributed by atoms with van der Waals surface area (Å²) in [7, 11) is -4.02. The number of sulfonamides is 1. The fourth-order valence-electron chi connectivity index (χ4n) is 3.61. The van der Waals surface area contributed by atoms with Crippen LogP contribution in [0.25, 0.3) is 20.8 Å². The number of benzene rings is 3. The van der Waals surface area contributed by atoms with Crippen LogP contribution >= 0.6 is 11.3 Å². The summed E-state index contributed by atoms with van der Waals surface area (Å²) in [5.74, 6) is 0.418. The fraction of sp³-hybridized carbons (Fsp3) is 0.174. The molecule has 4 aromatic rings. The van der Waals surface area contributed by atoms with E-state index in [-0.39, 0.29) is 42.6 Å². The predicted molar refractivity (Wildman–Crippen MR) is 128 cm³/mol. The highest BCUT2D eigenvalue weighted by atomic mass is 32.2. The molecule has 0 radical (unpaired) electrons. The van der Waals surface area contributed by atoms with Gasteiger partial charge in [-0.2, -0.15) is 4.31 Å². The molecule has 1 aliphatic rings. The highest BCUT2D eigenvalue weighted by Crippen LogP contribution is 2.36. The van der Waals surface area contributed by atoms with Gasteiger partial charge in [-0.3, -0.25) is 10.1 Å². The molecule has 1 saturated heterocycles. The largest absolute Gasteiger partial charge is 0.456 e. The molecule has 11 heteroatoms. The van der Waals surface area contributed by atoms with Crippen molar-refractivity contribution in [1.82, 2.24) is 9.29 Å². The van der Waals surface area contributed by atoms with Gasteiger partial charge in [0.05, 0.1) is 28.4 Å². The number of aromatic nitrogens is 1. The zero-order chi connectivity index (χ0) is 23.7. The number of nitro benzene ring substituents is 1. The summed E-state index contributed by atoms with van der Waals surface area (Å²) in [6.07, 6.45) is 0. The van der Waals surface area contributed by atoms with Crippen LogP contribution in [0.2, 0.25) is 0 Å². The molecule has 1 aliphatic heterocycles. The van der Waals surface area contributed by atoms with Crippen LogP contribution < -0.4 is 4.74 Å². The molecule has 1 fully saturated rings. The normalized spacial score (nSPS) is 14.8. The average molecular weight is 498 g/mol. The Hall–Kier alpha value is -3.38. The van der Waals surface area contributed by atoms with Crippen molar-refractivity contribution < 1.29 is 22.8 Å². The molecule has 0 amide bonds. The van der Waals surface area contributed by atoms with Gasteiger partial charge in [-0.15, -0.1) is 11.3 Å². The maximum Gasteiger partial charge on any atom is 0.271 e. The van der Waals surface area contributed by atoms with Crippen LogP contribution in [-0.2, 0) is 14.8 Å². The molecule has 34 heavy (non-hydrogen) atoms. The monoisotopic (exact) mass is 497 g/mol. The van der Waals surface area contributed by atoms with Crippen molar-refractivity contribution in [2.75, 3.05) is 26.3 Å². The van der Waals surface area contributed by atoms with Crippen LogP contribution in [0.3, 0.4) is 0 Å². The van der Waals surface area contributed by atoms with Crippen LogP contribution in [0.4, 0.5) is 5.69 Å². The van der Waals surface area contributed by atoms with Crippen molar-refractivity contribution in [1.29, 1.82) is 0 Å². The summed E-state index contributed by atoms with van der Waals surface area (Å²) >= 11 is 1.58. The van der Waals surface area contributed by atoms with E-state index in [1.54, 1.807) is 23.5 Å². The van der Waals surface area contributed by atoms with Crippen LogP contribution in [0.1, 0.15) is 0 Å². The van der Waals surface area contributed by atoms with Crippen LogP contribution in [0.5, 0.6) is 11.5 Å². The van der Waals surface area contributed by atoms with Gasteiger partial charge in [0.1, 0.15) is 21.4 Å². The summed E-state index contributed by atoms with van der Waals surface area (Å²) in [5, 5.41) is 12.2. The number of morpholine rings is 1. The summed E-state index contributed by atoms with van der Waals surface area (Å²) in [5.41, 5.74) is 1.50.